The number of halogens is 3. The molecule has 32 heavy (non-hydrogen) atoms. The molecule has 1 aliphatic rings. The first-order valence-corrected chi connectivity index (χ1v) is 12.8. The molecule has 1 aliphatic heterocycles. The Morgan fingerprint density at radius 3 is 2.25 bits per heavy atom. The van der Waals surface area contributed by atoms with Crippen molar-refractivity contribution in [1.29, 1.82) is 0 Å². The third-order valence-corrected chi connectivity index (χ3v) is 7.99. The molecule has 0 saturated carbocycles. The van der Waals surface area contributed by atoms with Crippen LogP contribution in [0.3, 0.4) is 0 Å². The number of H-pyrrole nitrogens is 1. The fraction of sp³-hybridized carbons (Fsp3) is 0.600. The maximum atomic E-state index is 14.6. The molecule has 1 aromatic heterocycles. The molecule has 0 bridgehead atoms. The van der Waals surface area contributed by atoms with Crippen LogP contribution < -0.4 is 11.2 Å². The summed E-state index contributed by atoms with van der Waals surface area (Å²) >= 11 is 5.57. The van der Waals surface area contributed by atoms with Crippen LogP contribution in [0.2, 0.25) is 0 Å². The van der Waals surface area contributed by atoms with Gasteiger partial charge in [0, 0.05) is 12.3 Å². The molecular formula is C10H14ClF2N2O14P3. The first-order valence-electron chi connectivity index (χ1n) is 7.74. The van der Waals surface area contributed by atoms with E-state index in [0.29, 0.717) is 12.3 Å². The van der Waals surface area contributed by atoms with E-state index >= 15 is 0 Å². The van der Waals surface area contributed by atoms with Crippen molar-refractivity contribution < 1.29 is 65.0 Å². The molecule has 0 aliphatic carbocycles. The number of rotatable bonds is 9. The van der Waals surface area contributed by atoms with Gasteiger partial charge in [0.1, 0.15) is 5.60 Å². The predicted molar refractivity (Wildman–Crippen MR) is 95.7 cm³/mol. The summed E-state index contributed by atoms with van der Waals surface area (Å²) < 4.78 is 79.3. The average Bonchev–Trinajstić information content (AvgIpc) is 2.78. The van der Waals surface area contributed by atoms with Gasteiger partial charge < -0.3 is 29.4 Å². The Morgan fingerprint density at radius 2 is 1.75 bits per heavy atom. The Morgan fingerprint density at radius 1 is 1.16 bits per heavy atom. The highest BCUT2D eigenvalue weighted by Crippen LogP contribution is 2.66. The van der Waals surface area contributed by atoms with Gasteiger partial charge in [-0.05, 0) is 0 Å². The van der Waals surface area contributed by atoms with Gasteiger partial charge >= 0.3 is 35.1 Å². The smallest absolute Gasteiger partial charge is 0.383 e. The van der Waals surface area contributed by atoms with Gasteiger partial charge in [-0.1, -0.05) is 0 Å². The Kier molecular flexibility index (Phi) is 7.77. The van der Waals surface area contributed by atoms with Gasteiger partial charge in [-0.25, -0.2) is 18.5 Å². The number of nitrogens with one attached hydrogen (secondary N) is 1. The molecule has 0 spiro atoms. The molecule has 16 nitrogen and oxygen atoms in total. The van der Waals surface area contributed by atoms with Crippen molar-refractivity contribution in [3.63, 3.8) is 0 Å². The second-order valence-corrected chi connectivity index (χ2v) is 10.8. The van der Waals surface area contributed by atoms with Crippen LogP contribution in [0.25, 0.3) is 0 Å². The van der Waals surface area contributed by atoms with Crippen molar-refractivity contribution in [3.05, 3.63) is 33.1 Å². The molecule has 1 fully saturated rings. The van der Waals surface area contributed by atoms with Gasteiger partial charge in [-0.3, -0.25) is 18.9 Å². The molecule has 6 N–H and O–H groups in total. The number of alkyl halides is 3. The predicted octanol–water partition coefficient (Wildman–Crippen LogP) is -0.618. The number of hydrogen-bond acceptors (Lipinski definition) is 10. The van der Waals surface area contributed by atoms with Crippen LogP contribution in [0, 0.1) is 0 Å². The molecular weight excluding hydrogens is 538 g/mol. The zero-order chi connectivity index (χ0) is 24.8. The molecule has 5 atom stereocenters. The van der Waals surface area contributed by atoms with Crippen LogP contribution in [0.4, 0.5) is 8.78 Å². The molecule has 1 saturated heterocycles. The summed E-state index contributed by atoms with van der Waals surface area (Å²) in [5.74, 6) is -5.36. The quantitative estimate of drug-likeness (QED) is 0.165. The number of ether oxygens (including phenoxy) is 1. The molecule has 0 aromatic carbocycles. The minimum atomic E-state index is -5.90. The van der Waals surface area contributed by atoms with Crippen LogP contribution in [0.15, 0.2) is 21.9 Å². The van der Waals surface area contributed by atoms with E-state index in [0.717, 1.165) is 0 Å². The Hall–Kier alpha value is -0.840. The largest absolute Gasteiger partial charge is 0.490 e. The van der Waals surface area contributed by atoms with E-state index in [4.69, 9.17) is 31.0 Å². The summed E-state index contributed by atoms with van der Waals surface area (Å²) in [7, 11) is -17.4. The van der Waals surface area contributed by atoms with E-state index in [2.05, 4.69) is 13.1 Å². The number of phosphoric ester groups is 1. The van der Waals surface area contributed by atoms with Crippen LogP contribution >= 0.6 is 35.1 Å². The lowest BCUT2D eigenvalue weighted by molar-refractivity contribution is -0.143. The monoisotopic (exact) mass is 552 g/mol. The standard InChI is InChI=1S/C10H14ClF2N2O14P3/c11-3-9(4-26-31(22,23)29-32(24,25)28-30(19,20)21)6(17)10(12,13)7(27-9)15-2-1-5(16)14-8(15)18/h1-2,6-7,17H,3-4H2,(H,22,23)(H,24,25)(H,14,16,18)(H2,19,20,21). The average molecular weight is 553 g/mol. The normalized spacial score (nSPS) is 29.4. The first-order chi connectivity index (χ1) is 14.3. The maximum absolute atomic E-state index is 14.6. The SMILES string of the molecule is O=c1ccn(C2OC(CCl)(COP(=O)(O)OP(=O)(O)OP(=O)(O)O)C(O)C2(F)F)c(=O)[nH]1. The molecule has 1 aromatic rings. The van der Waals surface area contributed by atoms with Gasteiger partial charge in [0.2, 0.25) is 6.23 Å². The van der Waals surface area contributed by atoms with Gasteiger partial charge in [-0.15, -0.1) is 11.6 Å². The minimum absolute atomic E-state index is 0.184. The van der Waals surface area contributed by atoms with Crippen LogP contribution in [-0.2, 0) is 31.6 Å². The topological polar surface area (TPSA) is 244 Å². The number of aliphatic hydroxyl groups excluding tert-OH is 1. The highest BCUT2D eigenvalue weighted by molar-refractivity contribution is 7.66. The number of aliphatic hydroxyl groups is 1. The third-order valence-electron chi connectivity index (χ3n) is 3.76. The summed E-state index contributed by atoms with van der Waals surface area (Å²) in [6, 6.07) is 0.681. The number of hydrogen-bond donors (Lipinski definition) is 6. The van der Waals surface area contributed by atoms with E-state index in [1.54, 1.807) is 4.98 Å². The van der Waals surface area contributed by atoms with Crippen LogP contribution in [0.1, 0.15) is 6.23 Å². The fourth-order valence-corrected chi connectivity index (χ4v) is 5.82. The maximum Gasteiger partial charge on any atom is 0.490 e. The fourth-order valence-electron chi connectivity index (χ4n) is 2.46. The summed E-state index contributed by atoms with van der Waals surface area (Å²) in [5.41, 5.74) is -5.03. The highest BCUT2D eigenvalue weighted by Gasteiger charge is 2.67. The number of nitrogens with zero attached hydrogens (tertiary/aromatic N) is 1. The van der Waals surface area contributed by atoms with Gasteiger partial charge in [0.25, 0.3) is 5.56 Å². The van der Waals surface area contributed by atoms with Crippen molar-refractivity contribution in [2.24, 2.45) is 0 Å². The lowest BCUT2D eigenvalue weighted by Crippen LogP contribution is -2.50. The van der Waals surface area contributed by atoms with Crippen LogP contribution in [-0.4, -0.2) is 64.3 Å². The minimum Gasteiger partial charge on any atom is -0.383 e. The summed E-state index contributed by atoms with van der Waals surface area (Å²) in [6.07, 6.45) is -4.88. The van der Waals surface area contributed by atoms with Gasteiger partial charge in [0.05, 0.1) is 12.5 Å². The zero-order valence-corrected chi connectivity index (χ0v) is 18.5. The Labute approximate surface area is 179 Å². The lowest BCUT2D eigenvalue weighted by Gasteiger charge is -2.29. The number of phosphoric acid groups is 3. The zero-order valence-electron chi connectivity index (χ0n) is 15.1. The van der Waals surface area contributed by atoms with Crippen molar-refractivity contribution in [1.82, 2.24) is 9.55 Å². The Bertz CT molecular complexity index is 1120. The molecule has 0 radical (unpaired) electrons. The molecule has 184 valence electrons. The molecule has 22 heteroatoms. The van der Waals surface area contributed by atoms with Crippen molar-refractivity contribution >= 4 is 35.1 Å². The van der Waals surface area contributed by atoms with E-state index < -0.39 is 71.1 Å². The van der Waals surface area contributed by atoms with E-state index in [1.165, 1.54) is 0 Å². The van der Waals surface area contributed by atoms with Crippen LogP contribution in [0.5, 0.6) is 0 Å². The summed E-state index contributed by atoms with van der Waals surface area (Å²) in [6.45, 7) is -1.52. The molecule has 2 rings (SSSR count). The molecule has 5 unspecified atom stereocenters. The lowest BCUT2D eigenvalue weighted by atomic mass is 9.97. The number of aromatic nitrogens is 2. The Balaban J connectivity index is 2.28. The number of aromatic amines is 1. The van der Waals surface area contributed by atoms with Crippen molar-refractivity contribution in [3.8, 4) is 0 Å². The van der Waals surface area contributed by atoms with E-state index in [1.807, 2.05) is 0 Å². The first kappa shape index (κ1) is 27.4. The summed E-state index contributed by atoms with van der Waals surface area (Å²) in [4.78, 5) is 60.1. The second kappa shape index (κ2) is 9.07. The van der Waals surface area contributed by atoms with E-state index in [9.17, 15) is 42.1 Å². The van der Waals surface area contributed by atoms with Crippen molar-refractivity contribution in [2.45, 2.75) is 23.9 Å². The second-order valence-electron chi connectivity index (χ2n) is 6.13. The van der Waals surface area contributed by atoms with Gasteiger partial charge in [0.15, 0.2) is 6.10 Å². The highest BCUT2D eigenvalue weighted by atomic mass is 35.5. The third kappa shape index (κ3) is 6.18. The molecule has 2 heterocycles. The molecule has 0 amide bonds. The van der Waals surface area contributed by atoms with Crippen molar-refractivity contribution in [2.75, 3.05) is 12.5 Å². The van der Waals surface area contributed by atoms with E-state index in [-0.39, 0.29) is 4.57 Å². The summed E-state index contributed by atoms with van der Waals surface area (Å²) in [5, 5.41) is 10.1. The van der Waals surface area contributed by atoms with Gasteiger partial charge in [-0.2, -0.15) is 17.4 Å².